The average Bonchev–Trinajstić information content (AvgIpc) is 2.71. The number of ether oxygens (including phenoxy) is 1. The molecule has 0 radical (unpaired) electrons. The second-order valence-corrected chi connectivity index (χ2v) is 9.12. The smallest absolute Gasteiger partial charge is 0.245 e. The summed E-state index contributed by atoms with van der Waals surface area (Å²) in [5, 5.41) is 0.276. The van der Waals surface area contributed by atoms with E-state index in [4.69, 9.17) is 16.3 Å². The molecule has 1 aliphatic heterocycles. The number of hydrogen-bond donors (Lipinski definition) is 0. The molecule has 3 rings (SSSR count). The van der Waals surface area contributed by atoms with E-state index in [1.165, 1.54) is 16.6 Å². The van der Waals surface area contributed by atoms with Crippen LogP contribution in [0.1, 0.15) is 18.2 Å². The third-order valence-electron chi connectivity index (χ3n) is 4.81. The van der Waals surface area contributed by atoms with Gasteiger partial charge in [0, 0.05) is 32.4 Å². The van der Waals surface area contributed by atoms with Gasteiger partial charge in [0.25, 0.3) is 0 Å². The van der Waals surface area contributed by atoms with Crippen molar-refractivity contribution in [3.05, 3.63) is 52.8 Å². The lowest BCUT2D eigenvalue weighted by molar-refractivity contribution is -0.131. The van der Waals surface area contributed by atoms with Crippen LogP contribution in [-0.2, 0) is 21.2 Å². The second kappa shape index (κ2) is 9.11. The van der Waals surface area contributed by atoms with Crippen LogP contribution in [0.15, 0.2) is 41.4 Å². The molecule has 0 spiro atoms. The molecule has 0 saturated carbocycles. The molecule has 1 amide bonds. The lowest BCUT2D eigenvalue weighted by atomic mass is 10.1. The van der Waals surface area contributed by atoms with Gasteiger partial charge in [-0.25, -0.2) is 8.42 Å². The van der Waals surface area contributed by atoms with Crippen LogP contribution < -0.4 is 4.74 Å². The number of aromatic nitrogens is 1. The summed E-state index contributed by atoms with van der Waals surface area (Å²) in [7, 11) is -3.70. The minimum atomic E-state index is -3.70. The van der Waals surface area contributed by atoms with Crippen LogP contribution in [0, 0.1) is 6.92 Å². The van der Waals surface area contributed by atoms with Crippen LogP contribution in [0.5, 0.6) is 5.75 Å². The average molecular weight is 438 g/mol. The number of hydrogen-bond acceptors (Lipinski definition) is 5. The Morgan fingerprint density at radius 3 is 2.45 bits per heavy atom. The number of halogens is 1. The molecule has 1 aromatic heterocycles. The molecule has 0 unspecified atom stereocenters. The third kappa shape index (κ3) is 5.07. The van der Waals surface area contributed by atoms with E-state index in [9.17, 15) is 13.2 Å². The number of pyridine rings is 1. The maximum absolute atomic E-state index is 12.9. The summed E-state index contributed by atoms with van der Waals surface area (Å²) in [5.74, 6) is 0.750. The molecule has 29 heavy (non-hydrogen) atoms. The molecule has 1 aliphatic rings. The molecule has 1 aromatic carbocycles. The summed E-state index contributed by atoms with van der Waals surface area (Å²) in [6.45, 7) is 5.33. The topological polar surface area (TPSA) is 79.8 Å². The van der Waals surface area contributed by atoms with Crippen molar-refractivity contribution in [3.8, 4) is 5.75 Å². The number of carbonyl (C=O) groups is 1. The van der Waals surface area contributed by atoms with E-state index in [-0.39, 0.29) is 35.3 Å². The summed E-state index contributed by atoms with van der Waals surface area (Å²) in [6, 6.07) is 8.86. The van der Waals surface area contributed by atoms with E-state index in [2.05, 4.69) is 4.98 Å². The van der Waals surface area contributed by atoms with Gasteiger partial charge in [0.05, 0.1) is 23.7 Å². The fourth-order valence-electron chi connectivity index (χ4n) is 3.22. The first kappa shape index (κ1) is 21.5. The van der Waals surface area contributed by atoms with Gasteiger partial charge in [-0.3, -0.25) is 9.78 Å². The van der Waals surface area contributed by atoms with Crippen molar-refractivity contribution in [3.63, 3.8) is 0 Å². The normalized spacial score (nSPS) is 15.3. The first-order chi connectivity index (χ1) is 13.8. The van der Waals surface area contributed by atoms with Gasteiger partial charge in [0.1, 0.15) is 10.6 Å². The predicted octanol–water partition coefficient (Wildman–Crippen LogP) is 2.52. The van der Waals surface area contributed by atoms with Crippen LogP contribution in [0.3, 0.4) is 0 Å². The highest BCUT2D eigenvalue weighted by atomic mass is 35.5. The summed E-state index contributed by atoms with van der Waals surface area (Å²) in [5.41, 5.74) is 1.30. The van der Waals surface area contributed by atoms with E-state index < -0.39 is 10.0 Å². The molecule has 2 aromatic rings. The second-order valence-electron chi connectivity index (χ2n) is 6.78. The molecule has 0 N–H and O–H groups in total. The quantitative estimate of drug-likeness (QED) is 0.693. The Hall–Kier alpha value is -2.16. The number of rotatable bonds is 6. The van der Waals surface area contributed by atoms with Crippen molar-refractivity contribution >= 4 is 27.5 Å². The highest BCUT2D eigenvalue weighted by Gasteiger charge is 2.31. The molecule has 9 heteroatoms. The fraction of sp³-hybridized carbons (Fsp3) is 0.400. The molecule has 0 atom stereocenters. The zero-order valence-electron chi connectivity index (χ0n) is 16.5. The van der Waals surface area contributed by atoms with Crippen LogP contribution in [-0.4, -0.2) is 61.3 Å². The zero-order chi connectivity index (χ0) is 21.0. The number of carbonyl (C=O) groups excluding carboxylic acids is 1. The fourth-order valence-corrected chi connectivity index (χ4v) is 5.07. The number of sulfonamides is 1. The molecule has 0 bridgehead atoms. The maximum Gasteiger partial charge on any atom is 0.245 e. The number of amides is 1. The lowest BCUT2D eigenvalue weighted by Gasteiger charge is -2.34. The number of nitrogens with zero attached hydrogens (tertiary/aromatic N) is 3. The van der Waals surface area contributed by atoms with Gasteiger partial charge >= 0.3 is 0 Å². The van der Waals surface area contributed by atoms with Crippen molar-refractivity contribution in [2.75, 3.05) is 32.8 Å². The lowest BCUT2D eigenvalue weighted by Crippen LogP contribution is -2.51. The van der Waals surface area contributed by atoms with Gasteiger partial charge in [-0.2, -0.15) is 4.31 Å². The Kier molecular flexibility index (Phi) is 6.77. The van der Waals surface area contributed by atoms with Crippen molar-refractivity contribution in [2.24, 2.45) is 0 Å². The molecule has 0 aliphatic carbocycles. The Bertz CT molecular complexity index is 972. The Morgan fingerprint density at radius 1 is 1.17 bits per heavy atom. The summed E-state index contributed by atoms with van der Waals surface area (Å²) in [4.78, 5) is 18.4. The summed E-state index contributed by atoms with van der Waals surface area (Å²) >= 11 is 5.92. The molecule has 1 fully saturated rings. The standard InChI is InChI=1S/C20H24ClN3O4S/c1-3-28-18-6-4-16(5-7-18)12-20(25)23-8-10-24(11-9-23)29(26,27)19-13-17(21)14-22-15(19)2/h4-7,13-14H,3,8-12H2,1-2H3. The highest BCUT2D eigenvalue weighted by Crippen LogP contribution is 2.23. The first-order valence-electron chi connectivity index (χ1n) is 9.43. The SMILES string of the molecule is CCOc1ccc(CC(=O)N2CCN(S(=O)(=O)c3cc(Cl)cnc3C)CC2)cc1. The molecular weight excluding hydrogens is 414 g/mol. The minimum absolute atomic E-state index is 0.0215. The molecular formula is C20H24ClN3O4S. The summed E-state index contributed by atoms with van der Waals surface area (Å²) in [6.07, 6.45) is 1.70. The van der Waals surface area contributed by atoms with Crippen LogP contribution in [0.25, 0.3) is 0 Å². The highest BCUT2D eigenvalue weighted by molar-refractivity contribution is 7.89. The van der Waals surface area contributed by atoms with E-state index >= 15 is 0 Å². The van der Waals surface area contributed by atoms with Crippen LogP contribution in [0.4, 0.5) is 0 Å². The van der Waals surface area contributed by atoms with Gasteiger partial charge in [0.15, 0.2) is 0 Å². The van der Waals surface area contributed by atoms with Crippen LogP contribution in [0.2, 0.25) is 5.02 Å². The molecule has 156 valence electrons. The first-order valence-corrected chi connectivity index (χ1v) is 11.2. The third-order valence-corrected chi connectivity index (χ3v) is 7.03. The number of benzene rings is 1. The van der Waals surface area contributed by atoms with E-state index in [0.717, 1.165) is 11.3 Å². The number of aryl methyl sites for hydroxylation is 1. The van der Waals surface area contributed by atoms with E-state index in [1.54, 1.807) is 11.8 Å². The maximum atomic E-state index is 12.9. The Balaban J connectivity index is 1.61. The Labute approximate surface area is 176 Å². The van der Waals surface area contributed by atoms with Gasteiger partial charge in [-0.05, 0) is 37.6 Å². The van der Waals surface area contributed by atoms with Gasteiger partial charge in [0.2, 0.25) is 15.9 Å². The Morgan fingerprint density at radius 2 is 1.83 bits per heavy atom. The molecule has 2 heterocycles. The monoisotopic (exact) mass is 437 g/mol. The van der Waals surface area contributed by atoms with Gasteiger partial charge in [-0.1, -0.05) is 23.7 Å². The predicted molar refractivity (Wildman–Crippen MR) is 111 cm³/mol. The van der Waals surface area contributed by atoms with Crippen molar-refractivity contribution in [1.29, 1.82) is 0 Å². The van der Waals surface area contributed by atoms with Gasteiger partial charge < -0.3 is 9.64 Å². The largest absolute Gasteiger partial charge is 0.494 e. The van der Waals surface area contributed by atoms with Crippen molar-refractivity contribution < 1.29 is 17.9 Å². The van der Waals surface area contributed by atoms with Crippen molar-refractivity contribution in [2.45, 2.75) is 25.2 Å². The van der Waals surface area contributed by atoms with E-state index in [1.807, 2.05) is 31.2 Å². The van der Waals surface area contributed by atoms with E-state index in [0.29, 0.717) is 25.4 Å². The van der Waals surface area contributed by atoms with Gasteiger partial charge in [-0.15, -0.1) is 0 Å². The zero-order valence-corrected chi connectivity index (χ0v) is 18.0. The molecule has 1 saturated heterocycles. The van der Waals surface area contributed by atoms with Crippen LogP contribution >= 0.6 is 11.6 Å². The number of piperazine rings is 1. The molecule has 7 nitrogen and oxygen atoms in total. The minimum Gasteiger partial charge on any atom is -0.494 e. The summed E-state index contributed by atoms with van der Waals surface area (Å²) < 4.78 is 32.6. The van der Waals surface area contributed by atoms with Crippen molar-refractivity contribution in [1.82, 2.24) is 14.2 Å².